The summed E-state index contributed by atoms with van der Waals surface area (Å²) < 4.78 is 6.96. The monoisotopic (exact) mass is 329 g/mol. The molecule has 128 valence electrons. The first-order valence-corrected chi connectivity index (χ1v) is 8.40. The van der Waals surface area contributed by atoms with Crippen molar-refractivity contribution in [2.75, 3.05) is 6.61 Å². The standard InChI is InChI=1S/C18H23N3O3/c1-4-24-18(23)17(11(2)3)21-15-8-6-13-9-12(10-22)5-7-14(13)16(15)19-20-21/h5,7,9,11,17,22H,4,6,8,10H2,1-3H3/t17-/m1/s1. The zero-order valence-electron chi connectivity index (χ0n) is 14.3. The molecule has 6 heteroatoms. The fraction of sp³-hybridized carbons (Fsp3) is 0.500. The molecule has 0 bridgehead atoms. The van der Waals surface area contributed by atoms with E-state index in [0.717, 1.165) is 35.4 Å². The van der Waals surface area contributed by atoms with Crippen molar-refractivity contribution < 1.29 is 14.6 Å². The number of carbonyl (C=O) groups excluding carboxylic acids is 1. The van der Waals surface area contributed by atoms with E-state index in [9.17, 15) is 9.90 Å². The molecule has 0 saturated carbocycles. The SMILES string of the molecule is CCOC(=O)[C@@H](C(C)C)n1nnc2c1CCc1cc(CO)ccc1-2. The lowest BCUT2D eigenvalue weighted by atomic mass is 9.90. The van der Waals surface area contributed by atoms with E-state index >= 15 is 0 Å². The van der Waals surface area contributed by atoms with Crippen LogP contribution in [0.25, 0.3) is 11.3 Å². The Balaban J connectivity index is 2.03. The Labute approximate surface area is 141 Å². The Morgan fingerprint density at radius 3 is 2.83 bits per heavy atom. The third-order valence-corrected chi connectivity index (χ3v) is 4.45. The molecule has 24 heavy (non-hydrogen) atoms. The zero-order chi connectivity index (χ0) is 17.3. The van der Waals surface area contributed by atoms with E-state index in [0.29, 0.717) is 6.61 Å². The van der Waals surface area contributed by atoms with Crippen LogP contribution in [-0.4, -0.2) is 32.7 Å². The van der Waals surface area contributed by atoms with Crippen LogP contribution in [0, 0.1) is 5.92 Å². The molecule has 0 radical (unpaired) electrons. The van der Waals surface area contributed by atoms with Crippen LogP contribution in [0.4, 0.5) is 0 Å². The number of fused-ring (bicyclic) bond motifs is 3. The van der Waals surface area contributed by atoms with Crippen molar-refractivity contribution in [2.45, 2.75) is 46.3 Å². The highest BCUT2D eigenvalue weighted by Gasteiger charge is 2.32. The van der Waals surface area contributed by atoms with Gasteiger partial charge in [-0.2, -0.15) is 0 Å². The molecule has 1 aliphatic rings. The lowest BCUT2D eigenvalue weighted by Gasteiger charge is -2.23. The number of carbonyl (C=O) groups is 1. The molecular formula is C18H23N3O3. The maximum Gasteiger partial charge on any atom is 0.331 e. The zero-order valence-corrected chi connectivity index (χ0v) is 14.3. The van der Waals surface area contributed by atoms with Crippen molar-refractivity contribution in [1.82, 2.24) is 15.0 Å². The van der Waals surface area contributed by atoms with Crippen LogP contribution in [0.15, 0.2) is 18.2 Å². The second-order valence-corrected chi connectivity index (χ2v) is 6.42. The Kier molecular flexibility index (Phi) is 4.66. The van der Waals surface area contributed by atoms with Crippen molar-refractivity contribution >= 4 is 5.97 Å². The normalized spacial score (nSPS) is 14.2. The number of aryl methyl sites for hydroxylation is 1. The summed E-state index contributed by atoms with van der Waals surface area (Å²) in [6.07, 6.45) is 1.62. The van der Waals surface area contributed by atoms with Gasteiger partial charge >= 0.3 is 5.97 Å². The number of esters is 1. The van der Waals surface area contributed by atoms with E-state index in [1.807, 2.05) is 32.0 Å². The summed E-state index contributed by atoms with van der Waals surface area (Å²) in [6.45, 7) is 6.16. The van der Waals surface area contributed by atoms with Crippen molar-refractivity contribution in [3.05, 3.63) is 35.0 Å². The van der Waals surface area contributed by atoms with Gasteiger partial charge in [0.05, 0.1) is 18.9 Å². The van der Waals surface area contributed by atoms with Crippen LogP contribution in [0.3, 0.4) is 0 Å². The van der Waals surface area contributed by atoms with E-state index in [4.69, 9.17) is 4.74 Å². The first kappa shape index (κ1) is 16.6. The molecule has 0 amide bonds. The van der Waals surface area contributed by atoms with Crippen LogP contribution >= 0.6 is 0 Å². The van der Waals surface area contributed by atoms with Gasteiger partial charge < -0.3 is 9.84 Å². The predicted octanol–water partition coefficient (Wildman–Crippen LogP) is 2.30. The highest BCUT2D eigenvalue weighted by Crippen LogP contribution is 2.34. The van der Waals surface area contributed by atoms with Gasteiger partial charge in [0.15, 0.2) is 6.04 Å². The lowest BCUT2D eigenvalue weighted by Crippen LogP contribution is -2.29. The molecule has 1 heterocycles. The quantitative estimate of drug-likeness (QED) is 0.852. The van der Waals surface area contributed by atoms with Crippen molar-refractivity contribution in [1.29, 1.82) is 0 Å². The Bertz CT molecular complexity index is 752. The lowest BCUT2D eigenvalue weighted by molar-refractivity contribution is -0.149. The van der Waals surface area contributed by atoms with Crippen LogP contribution in [0.2, 0.25) is 0 Å². The molecule has 0 spiro atoms. The molecule has 2 aromatic rings. The highest BCUT2D eigenvalue weighted by molar-refractivity contribution is 5.75. The van der Waals surface area contributed by atoms with Gasteiger partial charge in [-0.1, -0.05) is 37.3 Å². The number of aliphatic hydroxyl groups excluding tert-OH is 1. The molecule has 1 aliphatic carbocycles. The van der Waals surface area contributed by atoms with E-state index < -0.39 is 6.04 Å². The van der Waals surface area contributed by atoms with Gasteiger partial charge in [0.1, 0.15) is 5.69 Å². The van der Waals surface area contributed by atoms with Gasteiger partial charge in [0.2, 0.25) is 0 Å². The molecule has 1 aromatic heterocycles. The second kappa shape index (κ2) is 6.73. The van der Waals surface area contributed by atoms with Gasteiger partial charge in [-0.05, 0) is 36.8 Å². The summed E-state index contributed by atoms with van der Waals surface area (Å²) in [5.41, 5.74) is 4.90. The molecule has 1 N–H and O–H groups in total. The third-order valence-electron chi connectivity index (χ3n) is 4.45. The second-order valence-electron chi connectivity index (χ2n) is 6.42. The molecule has 3 rings (SSSR count). The first-order chi connectivity index (χ1) is 11.6. The topological polar surface area (TPSA) is 77.2 Å². The molecule has 0 unspecified atom stereocenters. The minimum Gasteiger partial charge on any atom is -0.464 e. The van der Waals surface area contributed by atoms with Crippen LogP contribution in [0.5, 0.6) is 0 Å². The average molecular weight is 329 g/mol. The number of ether oxygens (including phenoxy) is 1. The maximum atomic E-state index is 12.4. The minimum absolute atomic E-state index is 0.0328. The minimum atomic E-state index is -0.459. The van der Waals surface area contributed by atoms with E-state index in [-0.39, 0.29) is 18.5 Å². The summed E-state index contributed by atoms with van der Waals surface area (Å²) in [4.78, 5) is 12.4. The van der Waals surface area contributed by atoms with Crippen LogP contribution in [-0.2, 0) is 29.0 Å². The Hall–Kier alpha value is -2.21. The molecule has 0 aliphatic heterocycles. The van der Waals surface area contributed by atoms with Crippen molar-refractivity contribution in [3.8, 4) is 11.3 Å². The number of rotatable bonds is 5. The third kappa shape index (κ3) is 2.82. The fourth-order valence-electron chi connectivity index (χ4n) is 3.30. The molecule has 0 fully saturated rings. The van der Waals surface area contributed by atoms with Crippen molar-refractivity contribution in [3.63, 3.8) is 0 Å². The number of benzene rings is 1. The highest BCUT2D eigenvalue weighted by atomic mass is 16.5. The number of nitrogens with zero attached hydrogens (tertiary/aromatic N) is 3. The van der Waals surface area contributed by atoms with Gasteiger partial charge in [-0.25, -0.2) is 9.48 Å². The number of aliphatic hydroxyl groups is 1. The number of aromatic nitrogens is 3. The van der Waals surface area contributed by atoms with Crippen LogP contribution in [0.1, 0.15) is 43.6 Å². The van der Waals surface area contributed by atoms with Crippen molar-refractivity contribution in [2.24, 2.45) is 5.92 Å². The smallest absolute Gasteiger partial charge is 0.331 e. The predicted molar refractivity (Wildman–Crippen MR) is 89.3 cm³/mol. The molecule has 1 atom stereocenters. The van der Waals surface area contributed by atoms with Gasteiger partial charge in [0.25, 0.3) is 0 Å². The van der Waals surface area contributed by atoms with E-state index in [1.165, 1.54) is 5.56 Å². The maximum absolute atomic E-state index is 12.4. The Morgan fingerprint density at radius 1 is 1.38 bits per heavy atom. The fourth-order valence-corrected chi connectivity index (χ4v) is 3.30. The molecule has 6 nitrogen and oxygen atoms in total. The van der Waals surface area contributed by atoms with E-state index in [2.05, 4.69) is 10.3 Å². The van der Waals surface area contributed by atoms with Gasteiger partial charge in [-0.15, -0.1) is 5.10 Å². The first-order valence-electron chi connectivity index (χ1n) is 8.40. The summed E-state index contributed by atoms with van der Waals surface area (Å²) in [5, 5.41) is 17.9. The summed E-state index contributed by atoms with van der Waals surface area (Å²) in [6, 6.07) is 5.44. The Morgan fingerprint density at radius 2 is 2.17 bits per heavy atom. The van der Waals surface area contributed by atoms with Crippen LogP contribution < -0.4 is 0 Å². The molecular weight excluding hydrogens is 306 g/mol. The summed E-state index contributed by atoms with van der Waals surface area (Å²) in [5.74, 6) is -0.199. The largest absolute Gasteiger partial charge is 0.464 e. The summed E-state index contributed by atoms with van der Waals surface area (Å²) >= 11 is 0. The molecule has 1 aromatic carbocycles. The van der Waals surface area contributed by atoms with E-state index in [1.54, 1.807) is 11.6 Å². The van der Waals surface area contributed by atoms with Gasteiger partial charge in [-0.3, -0.25) is 0 Å². The number of hydrogen-bond acceptors (Lipinski definition) is 5. The number of hydrogen-bond donors (Lipinski definition) is 1. The summed E-state index contributed by atoms with van der Waals surface area (Å²) in [7, 11) is 0. The van der Waals surface area contributed by atoms with Gasteiger partial charge in [0, 0.05) is 5.56 Å². The molecule has 0 saturated heterocycles. The average Bonchev–Trinajstić information content (AvgIpc) is 2.98.